The summed E-state index contributed by atoms with van der Waals surface area (Å²) in [5.41, 5.74) is 1.35. The summed E-state index contributed by atoms with van der Waals surface area (Å²) < 4.78 is 6.52. The van der Waals surface area contributed by atoms with Crippen LogP contribution in [0.4, 0.5) is 5.69 Å². The van der Waals surface area contributed by atoms with Gasteiger partial charge in [-0.2, -0.15) is 5.10 Å². The number of nitrogens with one attached hydrogen (secondary N) is 1. The lowest BCUT2D eigenvalue weighted by Crippen LogP contribution is -2.37. The highest BCUT2D eigenvalue weighted by atomic mass is 16.5. The van der Waals surface area contributed by atoms with Gasteiger partial charge in [0.05, 0.1) is 5.69 Å². The molecule has 0 spiro atoms. The Kier molecular flexibility index (Phi) is 5.81. The Balaban J connectivity index is 1.90. The lowest BCUT2D eigenvalue weighted by molar-refractivity contribution is -0.142. The van der Waals surface area contributed by atoms with Crippen molar-refractivity contribution in [1.29, 1.82) is 0 Å². The Bertz CT molecular complexity index is 640. The van der Waals surface area contributed by atoms with E-state index < -0.39 is 11.8 Å². The number of likely N-dealkylation sites (N-methyl/N-ethyl adjacent to an activating group) is 1. The van der Waals surface area contributed by atoms with E-state index in [-0.39, 0.29) is 0 Å². The molecule has 23 heavy (non-hydrogen) atoms. The molecule has 2 aromatic rings. The average molecular weight is 317 g/mol. The summed E-state index contributed by atoms with van der Waals surface area (Å²) in [6, 6.07) is 6.95. The van der Waals surface area contributed by atoms with Crippen molar-refractivity contribution < 1.29 is 14.3 Å². The fourth-order valence-corrected chi connectivity index (χ4v) is 1.94. The number of aromatic nitrogens is 3. The number of benzene rings is 1. The van der Waals surface area contributed by atoms with E-state index in [1.165, 1.54) is 11.2 Å². The Labute approximate surface area is 134 Å². The average Bonchev–Trinajstić information content (AvgIpc) is 3.09. The Morgan fingerprint density at radius 2 is 2.04 bits per heavy atom. The van der Waals surface area contributed by atoms with Gasteiger partial charge in [-0.1, -0.05) is 0 Å². The molecule has 1 heterocycles. The first-order valence-corrected chi connectivity index (χ1v) is 7.12. The van der Waals surface area contributed by atoms with Gasteiger partial charge < -0.3 is 15.0 Å². The molecule has 0 unspecified atom stereocenters. The third-order valence-corrected chi connectivity index (χ3v) is 3.19. The molecule has 1 N–H and O–H groups in total. The fraction of sp³-hybridized carbons (Fsp3) is 0.333. The number of carbonyl (C=O) groups is 2. The molecule has 0 aliphatic rings. The third kappa shape index (κ3) is 4.62. The normalized spacial score (nSPS) is 10.3. The molecule has 0 saturated carbocycles. The summed E-state index contributed by atoms with van der Waals surface area (Å²) >= 11 is 0. The molecule has 122 valence electrons. The second kappa shape index (κ2) is 8.04. The molecule has 1 aromatic heterocycles. The van der Waals surface area contributed by atoms with E-state index in [1.807, 2.05) is 0 Å². The van der Waals surface area contributed by atoms with Crippen LogP contribution in [0, 0.1) is 0 Å². The maximum absolute atomic E-state index is 11.9. The number of hydrogen-bond acceptors (Lipinski definition) is 5. The van der Waals surface area contributed by atoms with E-state index in [4.69, 9.17) is 4.74 Å². The van der Waals surface area contributed by atoms with Gasteiger partial charge in [-0.05, 0) is 30.7 Å². The molecule has 0 aliphatic carbocycles. The smallest absolute Gasteiger partial charge is 0.313 e. The predicted molar refractivity (Wildman–Crippen MR) is 84.1 cm³/mol. The Morgan fingerprint density at radius 3 is 2.65 bits per heavy atom. The van der Waals surface area contributed by atoms with Crippen LogP contribution in [0.1, 0.15) is 6.42 Å². The first kappa shape index (κ1) is 16.6. The maximum Gasteiger partial charge on any atom is 0.313 e. The molecular weight excluding hydrogens is 298 g/mol. The van der Waals surface area contributed by atoms with Gasteiger partial charge in [-0.25, -0.2) is 9.67 Å². The molecule has 0 bridgehead atoms. The molecule has 0 aliphatic heterocycles. The summed E-state index contributed by atoms with van der Waals surface area (Å²) in [4.78, 5) is 29.1. The molecule has 0 saturated heterocycles. The van der Waals surface area contributed by atoms with E-state index in [2.05, 4.69) is 15.4 Å². The molecule has 0 radical (unpaired) electrons. The van der Waals surface area contributed by atoms with Gasteiger partial charge in [0.2, 0.25) is 0 Å². The second-order valence-electron chi connectivity index (χ2n) is 4.91. The number of hydrogen-bond donors (Lipinski definition) is 1. The van der Waals surface area contributed by atoms with Crippen molar-refractivity contribution in [2.45, 2.75) is 6.42 Å². The Morgan fingerprint density at radius 1 is 1.30 bits per heavy atom. The van der Waals surface area contributed by atoms with Crippen LogP contribution in [0.25, 0.3) is 5.69 Å². The monoisotopic (exact) mass is 317 g/mol. The van der Waals surface area contributed by atoms with Gasteiger partial charge in [0, 0.05) is 33.0 Å². The minimum Gasteiger partial charge on any atom is -0.385 e. The summed E-state index contributed by atoms with van der Waals surface area (Å²) in [5.74, 6) is -1.25. The minimum atomic E-state index is -0.668. The molecule has 0 atom stereocenters. The van der Waals surface area contributed by atoms with Crippen LogP contribution in [0.5, 0.6) is 0 Å². The SMILES string of the molecule is COCCCN(C)C(=O)C(=O)Nc1ccc(-n2cncn2)cc1. The summed E-state index contributed by atoms with van der Waals surface area (Å²) in [7, 11) is 3.18. The third-order valence-electron chi connectivity index (χ3n) is 3.19. The summed E-state index contributed by atoms with van der Waals surface area (Å²) in [6.07, 6.45) is 3.69. The highest BCUT2D eigenvalue weighted by molar-refractivity contribution is 6.39. The molecule has 8 nitrogen and oxygen atoms in total. The van der Waals surface area contributed by atoms with Crippen LogP contribution in [-0.4, -0.2) is 58.8 Å². The van der Waals surface area contributed by atoms with Crippen molar-refractivity contribution >= 4 is 17.5 Å². The molecular formula is C15H19N5O3. The number of carbonyl (C=O) groups excluding carboxylic acids is 2. The van der Waals surface area contributed by atoms with Crippen LogP contribution in [0.2, 0.25) is 0 Å². The first-order chi connectivity index (χ1) is 11.1. The number of anilines is 1. The standard InChI is InChI=1S/C15H19N5O3/c1-19(8-3-9-23-2)15(22)14(21)18-12-4-6-13(7-5-12)20-11-16-10-17-20/h4-7,10-11H,3,8-9H2,1-2H3,(H,18,21). The van der Waals surface area contributed by atoms with Crippen LogP contribution >= 0.6 is 0 Å². The predicted octanol–water partition coefficient (Wildman–Crippen LogP) is 0.701. The first-order valence-electron chi connectivity index (χ1n) is 7.12. The van der Waals surface area contributed by atoms with Crippen molar-refractivity contribution in [3.05, 3.63) is 36.9 Å². The van der Waals surface area contributed by atoms with Crippen LogP contribution in [-0.2, 0) is 14.3 Å². The van der Waals surface area contributed by atoms with Crippen molar-refractivity contribution in [2.75, 3.05) is 32.6 Å². The zero-order chi connectivity index (χ0) is 16.7. The van der Waals surface area contributed by atoms with Gasteiger partial charge in [0.15, 0.2) is 0 Å². The van der Waals surface area contributed by atoms with Crippen LogP contribution < -0.4 is 5.32 Å². The lowest BCUT2D eigenvalue weighted by atomic mass is 10.2. The van der Waals surface area contributed by atoms with Crippen molar-refractivity contribution in [1.82, 2.24) is 19.7 Å². The summed E-state index contributed by atoms with van der Waals surface area (Å²) in [5, 5.41) is 6.59. The largest absolute Gasteiger partial charge is 0.385 e. The van der Waals surface area contributed by atoms with Crippen molar-refractivity contribution in [3.63, 3.8) is 0 Å². The number of ether oxygens (including phenoxy) is 1. The summed E-state index contributed by atoms with van der Waals surface area (Å²) in [6.45, 7) is 1.01. The highest BCUT2D eigenvalue weighted by Crippen LogP contribution is 2.12. The van der Waals surface area contributed by atoms with E-state index in [0.29, 0.717) is 25.3 Å². The molecule has 1 aromatic carbocycles. The van der Waals surface area contributed by atoms with Crippen molar-refractivity contribution in [2.24, 2.45) is 0 Å². The van der Waals surface area contributed by atoms with Gasteiger partial charge >= 0.3 is 11.8 Å². The van der Waals surface area contributed by atoms with Crippen molar-refractivity contribution in [3.8, 4) is 5.69 Å². The number of rotatable bonds is 6. The Hall–Kier alpha value is -2.74. The molecule has 2 rings (SSSR count). The zero-order valence-corrected chi connectivity index (χ0v) is 13.1. The number of amides is 2. The highest BCUT2D eigenvalue weighted by Gasteiger charge is 2.18. The van der Waals surface area contributed by atoms with Gasteiger partial charge in [0.1, 0.15) is 12.7 Å². The lowest BCUT2D eigenvalue weighted by Gasteiger charge is -2.16. The van der Waals surface area contributed by atoms with E-state index in [0.717, 1.165) is 5.69 Å². The quantitative estimate of drug-likeness (QED) is 0.626. The topological polar surface area (TPSA) is 89.4 Å². The molecule has 2 amide bonds. The number of methoxy groups -OCH3 is 1. The van der Waals surface area contributed by atoms with Crippen LogP contribution in [0.3, 0.4) is 0 Å². The van der Waals surface area contributed by atoms with Crippen LogP contribution in [0.15, 0.2) is 36.9 Å². The van der Waals surface area contributed by atoms with Gasteiger partial charge in [-0.3, -0.25) is 9.59 Å². The zero-order valence-electron chi connectivity index (χ0n) is 13.1. The van der Waals surface area contributed by atoms with E-state index >= 15 is 0 Å². The van der Waals surface area contributed by atoms with E-state index in [1.54, 1.807) is 49.4 Å². The number of nitrogens with zero attached hydrogens (tertiary/aromatic N) is 4. The van der Waals surface area contributed by atoms with Gasteiger partial charge in [0.25, 0.3) is 0 Å². The minimum absolute atomic E-state index is 0.464. The fourth-order valence-electron chi connectivity index (χ4n) is 1.94. The maximum atomic E-state index is 11.9. The van der Waals surface area contributed by atoms with Gasteiger partial charge in [-0.15, -0.1) is 0 Å². The molecule has 0 fully saturated rings. The molecule has 8 heteroatoms. The second-order valence-corrected chi connectivity index (χ2v) is 4.91. The van der Waals surface area contributed by atoms with E-state index in [9.17, 15) is 9.59 Å².